The Morgan fingerprint density at radius 2 is 1.70 bits per heavy atom. The summed E-state index contributed by atoms with van der Waals surface area (Å²) in [6, 6.07) is 19.7. The summed E-state index contributed by atoms with van der Waals surface area (Å²) in [5.74, 6) is 1.47. The van der Waals surface area contributed by atoms with E-state index in [4.69, 9.17) is 9.47 Å². The molecule has 1 heterocycles. The number of aryl methyl sites for hydroxylation is 1. The summed E-state index contributed by atoms with van der Waals surface area (Å²) in [5, 5.41) is 5.20. The number of hydrogen-bond acceptors (Lipinski definition) is 4. The molecular formula is C22H23NO3S. The molecule has 1 N–H and O–H groups in total. The van der Waals surface area contributed by atoms with Crippen LogP contribution in [0.15, 0.2) is 66.0 Å². The number of amides is 1. The number of rotatable bonds is 8. The summed E-state index contributed by atoms with van der Waals surface area (Å²) < 4.78 is 10.6. The van der Waals surface area contributed by atoms with Gasteiger partial charge >= 0.3 is 0 Å². The topological polar surface area (TPSA) is 47.6 Å². The lowest BCUT2D eigenvalue weighted by atomic mass is 10.0. The van der Waals surface area contributed by atoms with Crippen LogP contribution in [0.1, 0.15) is 28.5 Å². The predicted molar refractivity (Wildman–Crippen MR) is 109 cm³/mol. The van der Waals surface area contributed by atoms with Crippen molar-refractivity contribution in [1.29, 1.82) is 0 Å². The van der Waals surface area contributed by atoms with Crippen molar-refractivity contribution in [3.63, 3.8) is 0 Å². The van der Waals surface area contributed by atoms with E-state index in [-0.39, 0.29) is 11.9 Å². The van der Waals surface area contributed by atoms with E-state index in [9.17, 15) is 4.79 Å². The van der Waals surface area contributed by atoms with E-state index in [1.807, 2.05) is 60.0 Å². The first-order chi connectivity index (χ1) is 13.2. The lowest BCUT2D eigenvalue weighted by Crippen LogP contribution is -2.29. The number of nitrogens with one attached hydrogen (secondary N) is 1. The molecule has 0 bridgehead atoms. The maximum absolute atomic E-state index is 12.6. The quantitative estimate of drug-likeness (QED) is 0.620. The van der Waals surface area contributed by atoms with E-state index in [0.29, 0.717) is 12.8 Å². The van der Waals surface area contributed by atoms with Gasteiger partial charge in [0.05, 0.1) is 20.3 Å². The molecule has 0 aliphatic rings. The highest BCUT2D eigenvalue weighted by Gasteiger charge is 2.17. The number of methoxy groups -OCH3 is 2. The molecule has 0 fully saturated rings. The molecule has 0 saturated carbocycles. The Morgan fingerprint density at radius 1 is 1.00 bits per heavy atom. The van der Waals surface area contributed by atoms with E-state index < -0.39 is 0 Å². The fourth-order valence-electron chi connectivity index (χ4n) is 2.92. The summed E-state index contributed by atoms with van der Waals surface area (Å²) in [7, 11) is 3.24. The molecule has 0 saturated heterocycles. The largest absolute Gasteiger partial charge is 0.497 e. The zero-order chi connectivity index (χ0) is 19.1. The summed E-state index contributed by atoms with van der Waals surface area (Å²) in [4.78, 5) is 13.8. The third-order valence-corrected chi connectivity index (χ3v) is 5.26. The number of carbonyl (C=O) groups is 1. The minimum Gasteiger partial charge on any atom is -0.497 e. The average molecular weight is 381 g/mol. The van der Waals surface area contributed by atoms with Crippen molar-refractivity contribution < 1.29 is 14.3 Å². The van der Waals surface area contributed by atoms with Crippen LogP contribution in [0.2, 0.25) is 0 Å². The number of benzene rings is 2. The standard InChI is InChI=1S/C22H23NO3S/c1-25-18-13-16(14-19(15-18)26-2)10-11-21(24)23-22(20-9-6-12-27-20)17-7-4-3-5-8-17/h3-9,12-15,22H,10-11H2,1-2H3,(H,23,24)/t22-/m1/s1. The van der Waals surface area contributed by atoms with Crippen LogP contribution in [0, 0.1) is 0 Å². The normalized spacial score (nSPS) is 11.6. The van der Waals surface area contributed by atoms with Gasteiger partial charge in [-0.25, -0.2) is 0 Å². The first kappa shape index (κ1) is 19.0. The maximum atomic E-state index is 12.6. The van der Waals surface area contributed by atoms with Crippen LogP contribution in [0.3, 0.4) is 0 Å². The van der Waals surface area contributed by atoms with Crippen molar-refractivity contribution in [2.24, 2.45) is 0 Å². The van der Waals surface area contributed by atoms with Crippen LogP contribution in [0.5, 0.6) is 11.5 Å². The number of carbonyl (C=O) groups excluding carboxylic acids is 1. The van der Waals surface area contributed by atoms with Gasteiger partial charge < -0.3 is 14.8 Å². The molecule has 140 valence electrons. The van der Waals surface area contributed by atoms with Crippen molar-refractivity contribution in [1.82, 2.24) is 5.32 Å². The molecule has 0 aliphatic carbocycles. The second-order valence-electron chi connectivity index (χ2n) is 6.15. The predicted octanol–water partition coefficient (Wildman–Crippen LogP) is 4.60. The Morgan fingerprint density at radius 3 is 2.30 bits per heavy atom. The van der Waals surface area contributed by atoms with Gasteiger partial charge in [-0.1, -0.05) is 36.4 Å². The summed E-state index contributed by atoms with van der Waals surface area (Å²) in [6.45, 7) is 0. The summed E-state index contributed by atoms with van der Waals surface area (Å²) in [6.07, 6.45) is 1.01. The Hall–Kier alpha value is -2.79. The minimum absolute atomic E-state index is 0.0130. The minimum atomic E-state index is -0.126. The summed E-state index contributed by atoms with van der Waals surface area (Å²) >= 11 is 1.64. The van der Waals surface area contributed by atoms with Gasteiger partial charge in [0.15, 0.2) is 0 Å². The Kier molecular flexibility index (Phi) is 6.49. The molecule has 0 unspecified atom stereocenters. The smallest absolute Gasteiger partial charge is 0.221 e. The van der Waals surface area contributed by atoms with Gasteiger partial charge in [-0.3, -0.25) is 4.79 Å². The zero-order valence-electron chi connectivity index (χ0n) is 15.5. The monoisotopic (exact) mass is 381 g/mol. The summed E-state index contributed by atoms with van der Waals surface area (Å²) in [5.41, 5.74) is 2.09. The van der Waals surface area contributed by atoms with Gasteiger partial charge in [0.2, 0.25) is 5.91 Å². The highest BCUT2D eigenvalue weighted by molar-refractivity contribution is 7.10. The SMILES string of the molecule is COc1cc(CCC(=O)N[C@H](c2ccccc2)c2cccs2)cc(OC)c1. The van der Waals surface area contributed by atoms with Crippen LogP contribution in [0.25, 0.3) is 0 Å². The molecule has 2 aromatic carbocycles. The van der Waals surface area contributed by atoms with Crippen molar-refractivity contribution >= 4 is 17.2 Å². The molecule has 1 aromatic heterocycles. The molecule has 3 aromatic rings. The van der Waals surface area contributed by atoms with Gasteiger partial charge in [0.1, 0.15) is 11.5 Å². The van der Waals surface area contributed by atoms with Crippen molar-refractivity contribution in [2.45, 2.75) is 18.9 Å². The molecule has 5 heteroatoms. The van der Waals surface area contributed by atoms with Crippen molar-refractivity contribution in [3.05, 3.63) is 82.0 Å². The molecule has 1 atom stereocenters. The van der Waals surface area contributed by atoms with Gasteiger partial charge in [0.25, 0.3) is 0 Å². The number of ether oxygens (including phenoxy) is 2. The Bertz CT molecular complexity index is 840. The first-order valence-electron chi connectivity index (χ1n) is 8.79. The van der Waals surface area contributed by atoms with Crippen LogP contribution in [0.4, 0.5) is 0 Å². The molecule has 3 rings (SSSR count). The van der Waals surface area contributed by atoms with Crippen molar-refractivity contribution in [2.75, 3.05) is 14.2 Å². The fraction of sp³-hybridized carbons (Fsp3) is 0.227. The van der Waals surface area contributed by atoms with E-state index in [2.05, 4.69) is 11.4 Å². The van der Waals surface area contributed by atoms with Crippen LogP contribution in [-0.2, 0) is 11.2 Å². The second-order valence-corrected chi connectivity index (χ2v) is 7.13. The Balaban J connectivity index is 1.68. The van der Waals surface area contributed by atoms with Gasteiger partial charge in [-0.2, -0.15) is 0 Å². The molecular weight excluding hydrogens is 358 g/mol. The van der Waals surface area contributed by atoms with Gasteiger partial charge in [-0.05, 0) is 41.1 Å². The maximum Gasteiger partial charge on any atom is 0.221 e. The van der Waals surface area contributed by atoms with E-state index >= 15 is 0 Å². The molecule has 0 radical (unpaired) electrons. The highest BCUT2D eigenvalue weighted by atomic mass is 32.1. The molecule has 0 spiro atoms. The van der Waals surface area contributed by atoms with E-state index in [1.165, 1.54) is 0 Å². The average Bonchev–Trinajstić information content (AvgIpc) is 3.25. The Labute approximate surface area is 163 Å². The van der Waals surface area contributed by atoms with Crippen LogP contribution < -0.4 is 14.8 Å². The molecule has 1 amide bonds. The van der Waals surface area contributed by atoms with Gasteiger partial charge in [0, 0.05) is 17.4 Å². The third-order valence-electron chi connectivity index (χ3n) is 4.32. The second kappa shape index (κ2) is 9.24. The molecule has 4 nitrogen and oxygen atoms in total. The van der Waals surface area contributed by atoms with Crippen molar-refractivity contribution in [3.8, 4) is 11.5 Å². The first-order valence-corrected chi connectivity index (χ1v) is 9.67. The zero-order valence-corrected chi connectivity index (χ0v) is 16.3. The van der Waals surface area contributed by atoms with E-state index in [1.54, 1.807) is 25.6 Å². The number of hydrogen-bond donors (Lipinski definition) is 1. The highest BCUT2D eigenvalue weighted by Crippen LogP contribution is 2.27. The lowest BCUT2D eigenvalue weighted by Gasteiger charge is -2.18. The number of thiophene rings is 1. The van der Waals surface area contributed by atoms with Crippen LogP contribution in [-0.4, -0.2) is 20.1 Å². The fourth-order valence-corrected chi connectivity index (χ4v) is 3.72. The molecule has 27 heavy (non-hydrogen) atoms. The lowest BCUT2D eigenvalue weighted by molar-refractivity contribution is -0.121. The van der Waals surface area contributed by atoms with Crippen LogP contribution >= 0.6 is 11.3 Å². The molecule has 0 aliphatic heterocycles. The van der Waals surface area contributed by atoms with Gasteiger partial charge in [-0.15, -0.1) is 11.3 Å². The van der Waals surface area contributed by atoms with E-state index in [0.717, 1.165) is 27.5 Å². The third kappa shape index (κ3) is 5.11.